The van der Waals surface area contributed by atoms with Crippen molar-refractivity contribution in [2.45, 2.75) is 37.8 Å². The van der Waals surface area contributed by atoms with E-state index in [-0.39, 0.29) is 41.6 Å². The molecule has 0 aliphatic carbocycles. The Labute approximate surface area is 206 Å². The van der Waals surface area contributed by atoms with Crippen molar-refractivity contribution in [3.05, 3.63) is 71.4 Å². The minimum atomic E-state index is -2.41. The van der Waals surface area contributed by atoms with Gasteiger partial charge in [-0.1, -0.05) is 12.1 Å². The summed E-state index contributed by atoms with van der Waals surface area (Å²) in [6, 6.07) is 8.86. The summed E-state index contributed by atoms with van der Waals surface area (Å²) in [5, 5.41) is 0. The number of pyridine rings is 1. The Morgan fingerprint density at radius 3 is 2.25 bits per heavy atom. The molecule has 2 aliphatic rings. The fourth-order valence-electron chi connectivity index (χ4n) is 4.93. The molecule has 0 N–H and O–H groups in total. The van der Waals surface area contributed by atoms with E-state index in [1.807, 2.05) is 0 Å². The highest BCUT2D eigenvalue weighted by Gasteiger charge is 2.66. The van der Waals surface area contributed by atoms with E-state index in [4.69, 9.17) is 0 Å². The Kier molecular flexibility index (Phi) is 5.53. The highest BCUT2D eigenvalue weighted by Crippen LogP contribution is 2.46. The first-order chi connectivity index (χ1) is 16.9. The molecular formula is C26H25F4N5O. The van der Waals surface area contributed by atoms with E-state index >= 15 is 8.78 Å². The van der Waals surface area contributed by atoms with Gasteiger partial charge in [0.25, 0.3) is 5.91 Å². The number of nitrogens with zero attached hydrogens (tertiary/aromatic N) is 5. The lowest BCUT2D eigenvalue weighted by molar-refractivity contribution is 0.0491. The molecule has 188 valence electrons. The van der Waals surface area contributed by atoms with Crippen LogP contribution in [0.2, 0.25) is 0 Å². The van der Waals surface area contributed by atoms with Gasteiger partial charge in [-0.15, -0.1) is 0 Å². The number of hydrogen-bond donors (Lipinski definition) is 0. The Hall–Kier alpha value is -3.56. The fraction of sp³-hybridized carbons (Fsp3) is 0.385. The van der Waals surface area contributed by atoms with Crippen LogP contribution >= 0.6 is 0 Å². The number of hydrogen-bond acceptors (Lipinski definition) is 5. The molecule has 6 nitrogen and oxygen atoms in total. The van der Waals surface area contributed by atoms with Crippen LogP contribution in [0.3, 0.4) is 0 Å². The van der Waals surface area contributed by atoms with Crippen LogP contribution in [-0.4, -0.2) is 63.3 Å². The summed E-state index contributed by atoms with van der Waals surface area (Å²) in [6.07, 6.45) is 2.91. The lowest BCUT2D eigenvalue weighted by Crippen LogP contribution is -2.44. The van der Waals surface area contributed by atoms with Gasteiger partial charge in [0, 0.05) is 18.0 Å². The smallest absolute Gasteiger partial charge is 0.257 e. The predicted molar refractivity (Wildman–Crippen MR) is 126 cm³/mol. The number of likely N-dealkylation sites (tertiary alicyclic amines) is 1. The van der Waals surface area contributed by atoms with E-state index in [0.29, 0.717) is 5.56 Å². The average molecular weight is 500 g/mol. The number of aryl methyl sites for hydroxylation is 1. The average Bonchev–Trinajstić information content (AvgIpc) is 3.22. The molecule has 2 fully saturated rings. The second-order valence-corrected chi connectivity index (χ2v) is 10.0. The largest absolute Gasteiger partial charge is 0.350 e. The number of amides is 1. The van der Waals surface area contributed by atoms with Crippen LogP contribution in [0.4, 0.5) is 23.4 Å². The summed E-state index contributed by atoms with van der Waals surface area (Å²) in [5.41, 5.74) is -5.84. The van der Waals surface area contributed by atoms with Crippen LogP contribution in [0.15, 0.2) is 48.8 Å². The Bertz CT molecular complexity index is 1310. The zero-order chi connectivity index (χ0) is 25.9. The fourth-order valence-corrected chi connectivity index (χ4v) is 4.93. The highest BCUT2D eigenvalue weighted by atomic mass is 19.2. The number of anilines is 1. The maximum atomic E-state index is 16.1. The van der Waals surface area contributed by atoms with Crippen molar-refractivity contribution in [2.24, 2.45) is 0 Å². The van der Waals surface area contributed by atoms with Gasteiger partial charge in [0.1, 0.15) is 17.3 Å². The molecule has 0 radical (unpaired) electrons. The molecule has 0 spiro atoms. The Balaban J connectivity index is 1.42. The summed E-state index contributed by atoms with van der Waals surface area (Å²) in [5.74, 6) is -1.25. The minimum absolute atomic E-state index is 0.132. The topological polar surface area (TPSA) is 62.2 Å². The van der Waals surface area contributed by atoms with E-state index in [2.05, 4.69) is 15.0 Å². The van der Waals surface area contributed by atoms with Gasteiger partial charge in [-0.3, -0.25) is 4.79 Å². The molecule has 2 saturated heterocycles. The Morgan fingerprint density at radius 2 is 1.64 bits per heavy atom. The van der Waals surface area contributed by atoms with Gasteiger partial charge in [0.15, 0.2) is 17.2 Å². The lowest BCUT2D eigenvalue weighted by atomic mass is 9.94. The molecule has 1 amide bonds. The van der Waals surface area contributed by atoms with Crippen molar-refractivity contribution in [3.63, 3.8) is 0 Å². The van der Waals surface area contributed by atoms with Crippen LogP contribution in [0.1, 0.15) is 35.5 Å². The van der Waals surface area contributed by atoms with Gasteiger partial charge in [-0.25, -0.2) is 32.5 Å². The summed E-state index contributed by atoms with van der Waals surface area (Å²) in [7, 11) is 0. The first kappa shape index (κ1) is 24.1. The molecule has 2 aromatic heterocycles. The van der Waals surface area contributed by atoms with E-state index in [9.17, 15) is 13.6 Å². The normalized spacial score (nSPS) is 23.8. The van der Waals surface area contributed by atoms with Crippen molar-refractivity contribution in [1.82, 2.24) is 19.9 Å². The number of fused-ring (bicyclic) bond motifs is 1. The van der Waals surface area contributed by atoms with Gasteiger partial charge in [-0.05, 0) is 50.6 Å². The van der Waals surface area contributed by atoms with Crippen LogP contribution in [0, 0.1) is 12.7 Å². The lowest BCUT2D eigenvalue weighted by Gasteiger charge is -2.25. The molecule has 0 saturated carbocycles. The molecule has 1 aromatic carbocycles. The quantitative estimate of drug-likeness (QED) is 0.492. The van der Waals surface area contributed by atoms with Crippen LogP contribution in [0.25, 0.3) is 11.4 Å². The molecule has 10 heteroatoms. The minimum Gasteiger partial charge on any atom is -0.350 e. The number of rotatable bonds is 4. The van der Waals surface area contributed by atoms with Crippen molar-refractivity contribution in [2.75, 3.05) is 31.1 Å². The van der Waals surface area contributed by atoms with Gasteiger partial charge < -0.3 is 9.80 Å². The summed E-state index contributed by atoms with van der Waals surface area (Å²) in [4.78, 5) is 28.3. The molecule has 2 aliphatic heterocycles. The van der Waals surface area contributed by atoms with E-state index in [1.165, 1.54) is 43.3 Å². The zero-order valence-corrected chi connectivity index (χ0v) is 20.1. The van der Waals surface area contributed by atoms with E-state index in [1.54, 1.807) is 25.1 Å². The van der Waals surface area contributed by atoms with Gasteiger partial charge in [0.2, 0.25) is 0 Å². The summed E-state index contributed by atoms with van der Waals surface area (Å²) >= 11 is 0. The van der Waals surface area contributed by atoms with Gasteiger partial charge in [0.05, 0.1) is 37.4 Å². The first-order valence-corrected chi connectivity index (χ1v) is 11.6. The third-order valence-electron chi connectivity index (χ3n) is 6.78. The first-order valence-electron chi connectivity index (χ1n) is 11.6. The van der Waals surface area contributed by atoms with Crippen LogP contribution in [-0.2, 0) is 5.67 Å². The third kappa shape index (κ3) is 3.98. The summed E-state index contributed by atoms with van der Waals surface area (Å²) in [6.45, 7) is 2.63. The highest BCUT2D eigenvalue weighted by molar-refractivity contribution is 6.00. The van der Waals surface area contributed by atoms with Crippen LogP contribution < -0.4 is 4.90 Å². The maximum Gasteiger partial charge on any atom is 0.257 e. The SMILES string of the molecule is Cc1cc(N2C[C@]3(F)CN(C(=O)c4c(F)cccc4-c4ncccn4)C[C@]3(F)C2)nc(C(C)(C)F)c1. The molecule has 0 bridgehead atoms. The summed E-state index contributed by atoms with van der Waals surface area (Å²) < 4.78 is 61.5. The molecular weight excluding hydrogens is 474 g/mol. The van der Waals surface area contributed by atoms with Crippen molar-refractivity contribution in [3.8, 4) is 11.4 Å². The number of aromatic nitrogens is 3. The third-order valence-corrected chi connectivity index (χ3v) is 6.78. The molecule has 5 rings (SSSR count). The second kappa shape index (κ2) is 8.25. The van der Waals surface area contributed by atoms with Crippen LogP contribution in [0.5, 0.6) is 0 Å². The Morgan fingerprint density at radius 1 is 1.00 bits per heavy atom. The molecule has 2 atom stereocenters. The van der Waals surface area contributed by atoms with Crippen molar-refractivity contribution >= 4 is 11.7 Å². The number of alkyl halides is 3. The van der Waals surface area contributed by atoms with Gasteiger partial charge in [-0.2, -0.15) is 0 Å². The van der Waals surface area contributed by atoms with E-state index in [0.717, 1.165) is 11.0 Å². The van der Waals surface area contributed by atoms with Gasteiger partial charge >= 0.3 is 0 Å². The molecule has 4 heterocycles. The van der Waals surface area contributed by atoms with Crippen molar-refractivity contribution < 1.29 is 22.4 Å². The number of carbonyl (C=O) groups excluding carboxylic acids is 1. The second-order valence-electron chi connectivity index (χ2n) is 10.0. The standard InChI is InChI=1S/C26H25F4N5O/c1-16-10-19(24(2,3)28)33-20(11-16)34-12-25(29)14-35(15-26(25,30)13-34)23(36)21-17(6-4-7-18(21)27)22-31-8-5-9-32-22/h4-11H,12-15H2,1-3H3/t25-,26+. The molecule has 3 aromatic rings. The molecule has 36 heavy (non-hydrogen) atoms. The van der Waals surface area contributed by atoms with E-state index < -0.39 is 41.8 Å². The number of carbonyl (C=O) groups is 1. The maximum absolute atomic E-state index is 16.1. The van der Waals surface area contributed by atoms with Crippen molar-refractivity contribution in [1.29, 1.82) is 0 Å². The monoisotopic (exact) mass is 499 g/mol. The molecule has 0 unspecified atom stereocenters. The zero-order valence-electron chi connectivity index (χ0n) is 20.1. The predicted octanol–water partition coefficient (Wildman–Crippen LogP) is 4.58. The number of halogens is 4. The number of benzene rings is 1.